The molecular weight excluding hydrogens is 332 g/mol. The number of cyclic esters (lactones) is 2. The van der Waals surface area contributed by atoms with E-state index in [9.17, 15) is 9.59 Å². The van der Waals surface area contributed by atoms with Crippen LogP contribution in [0.15, 0.2) is 72.1 Å². The molecule has 134 valence electrons. The van der Waals surface area contributed by atoms with Gasteiger partial charge in [0.2, 0.25) is 0 Å². The standard InChI is InChI=1S/C20H20N2O4/c1-20(2)25-18(23)16(19(24)26-20)17(22-15-11-7-4-8-12-15)21-13-14-9-5-3-6-10-14/h3-12,21-22H,13H2,1-2H3. The number of hydrogen-bond donors (Lipinski definition) is 2. The second-order valence-electron chi connectivity index (χ2n) is 6.26. The smallest absolute Gasteiger partial charge is 0.352 e. The molecule has 1 saturated heterocycles. The number of nitrogens with one attached hydrogen (secondary N) is 2. The molecule has 0 aliphatic carbocycles. The average molecular weight is 352 g/mol. The second-order valence-corrected chi connectivity index (χ2v) is 6.26. The van der Waals surface area contributed by atoms with E-state index in [0.717, 1.165) is 11.3 Å². The summed E-state index contributed by atoms with van der Waals surface area (Å²) in [6.45, 7) is 3.45. The molecule has 1 heterocycles. The van der Waals surface area contributed by atoms with Crippen LogP contribution in [0.1, 0.15) is 19.4 Å². The summed E-state index contributed by atoms with van der Waals surface area (Å²) in [5.41, 5.74) is 1.53. The van der Waals surface area contributed by atoms with Crippen LogP contribution >= 0.6 is 0 Å². The summed E-state index contributed by atoms with van der Waals surface area (Å²) >= 11 is 0. The molecule has 2 N–H and O–H groups in total. The molecule has 26 heavy (non-hydrogen) atoms. The number of esters is 2. The Balaban J connectivity index is 1.91. The molecule has 0 spiro atoms. The van der Waals surface area contributed by atoms with E-state index >= 15 is 0 Å². The van der Waals surface area contributed by atoms with Gasteiger partial charge in [0.05, 0.1) is 0 Å². The van der Waals surface area contributed by atoms with E-state index in [4.69, 9.17) is 9.47 Å². The molecule has 6 nitrogen and oxygen atoms in total. The monoisotopic (exact) mass is 352 g/mol. The van der Waals surface area contributed by atoms with Gasteiger partial charge in [-0.25, -0.2) is 9.59 Å². The SMILES string of the molecule is CC1(C)OC(=O)C(=C(NCc2ccccc2)Nc2ccccc2)C(=O)O1. The Bertz CT molecular complexity index is 807. The predicted molar refractivity (Wildman–Crippen MR) is 96.6 cm³/mol. The Morgan fingerprint density at radius 1 is 0.885 bits per heavy atom. The Morgan fingerprint density at radius 3 is 2.00 bits per heavy atom. The molecule has 0 bridgehead atoms. The number of hydrogen-bond acceptors (Lipinski definition) is 6. The largest absolute Gasteiger partial charge is 0.419 e. The molecule has 0 saturated carbocycles. The third-order valence-electron chi connectivity index (χ3n) is 3.69. The van der Waals surface area contributed by atoms with Crippen molar-refractivity contribution in [3.8, 4) is 0 Å². The summed E-state index contributed by atoms with van der Waals surface area (Å²) in [5.74, 6) is -2.50. The van der Waals surface area contributed by atoms with E-state index in [-0.39, 0.29) is 11.4 Å². The molecule has 1 aliphatic rings. The van der Waals surface area contributed by atoms with Gasteiger partial charge in [-0.2, -0.15) is 0 Å². The Labute approximate surface area is 151 Å². The fraction of sp³-hybridized carbons (Fsp3) is 0.200. The van der Waals surface area contributed by atoms with Crippen LogP contribution in [0.3, 0.4) is 0 Å². The van der Waals surface area contributed by atoms with Crippen molar-refractivity contribution in [1.29, 1.82) is 0 Å². The maximum atomic E-state index is 12.4. The molecular formula is C20H20N2O4. The van der Waals surface area contributed by atoms with Gasteiger partial charge in [0.25, 0.3) is 5.79 Å². The lowest BCUT2D eigenvalue weighted by atomic mass is 10.2. The summed E-state index contributed by atoms with van der Waals surface area (Å²) < 4.78 is 10.4. The van der Waals surface area contributed by atoms with E-state index in [1.54, 1.807) is 0 Å². The zero-order chi connectivity index (χ0) is 18.6. The average Bonchev–Trinajstić information content (AvgIpc) is 2.59. The predicted octanol–water partition coefficient (Wildman–Crippen LogP) is 2.94. The number of benzene rings is 2. The van der Waals surface area contributed by atoms with E-state index in [1.165, 1.54) is 13.8 Å². The van der Waals surface area contributed by atoms with Crippen molar-refractivity contribution in [1.82, 2.24) is 5.32 Å². The highest BCUT2D eigenvalue weighted by Gasteiger charge is 2.41. The van der Waals surface area contributed by atoms with E-state index in [2.05, 4.69) is 10.6 Å². The Morgan fingerprint density at radius 2 is 1.42 bits per heavy atom. The Kier molecular flexibility index (Phi) is 4.93. The first-order chi connectivity index (χ1) is 12.4. The summed E-state index contributed by atoms with van der Waals surface area (Å²) in [6, 6.07) is 18.9. The summed E-state index contributed by atoms with van der Waals surface area (Å²) in [4.78, 5) is 24.8. The minimum absolute atomic E-state index is 0.191. The minimum atomic E-state index is -1.28. The highest BCUT2D eigenvalue weighted by molar-refractivity contribution is 6.16. The molecule has 1 aliphatic heterocycles. The van der Waals surface area contributed by atoms with E-state index in [1.807, 2.05) is 60.7 Å². The number of carbonyl (C=O) groups is 2. The summed E-state index contributed by atoms with van der Waals surface area (Å²) in [5, 5.41) is 6.18. The summed E-state index contributed by atoms with van der Waals surface area (Å²) in [6.07, 6.45) is 0. The zero-order valence-electron chi connectivity index (χ0n) is 14.6. The van der Waals surface area contributed by atoms with Crippen molar-refractivity contribution in [3.63, 3.8) is 0 Å². The lowest BCUT2D eigenvalue weighted by Gasteiger charge is -2.31. The summed E-state index contributed by atoms with van der Waals surface area (Å²) in [7, 11) is 0. The second kappa shape index (κ2) is 7.31. The molecule has 2 aromatic carbocycles. The third-order valence-corrected chi connectivity index (χ3v) is 3.69. The number of rotatable bonds is 5. The molecule has 0 amide bonds. The van der Waals surface area contributed by atoms with Crippen LogP contribution in [0.4, 0.5) is 5.69 Å². The van der Waals surface area contributed by atoms with Gasteiger partial charge in [0, 0.05) is 26.1 Å². The van der Waals surface area contributed by atoms with Crippen molar-refractivity contribution in [3.05, 3.63) is 77.6 Å². The molecule has 0 aromatic heterocycles. The zero-order valence-corrected chi connectivity index (χ0v) is 14.6. The van der Waals surface area contributed by atoms with Crippen LogP contribution in [0, 0.1) is 0 Å². The van der Waals surface area contributed by atoms with Gasteiger partial charge in [-0.1, -0.05) is 48.5 Å². The normalized spacial score (nSPS) is 15.7. The highest BCUT2D eigenvalue weighted by Crippen LogP contribution is 2.25. The third kappa shape index (κ3) is 4.22. The van der Waals surface area contributed by atoms with Gasteiger partial charge in [0.1, 0.15) is 5.82 Å². The van der Waals surface area contributed by atoms with Gasteiger partial charge in [-0.3, -0.25) is 0 Å². The van der Waals surface area contributed by atoms with E-state index in [0.29, 0.717) is 6.54 Å². The van der Waals surface area contributed by atoms with Crippen LogP contribution in [-0.2, 0) is 25.6 Å². The molecule has 0 radical (unpaired) electrons. The van der Waals surface area contributed by atoms with Crippen molar-refractivity contribution in [2.24, 2.45) is 0 Å². The number of carbonyl (C=O) groups excluding carboxylic acids is 2. The molecule has 2 aromatic rings. The number of ether oxygens (including phenoxy) is 2. The van der Waals surface area contributed by atoms with Gasteiger partial charge < -0.3 is 20.1 Å². The first-order valence-corrected chi connectivity index (χ1v) is 8.25. The van der Waals surface area contributed by atoms with Gasteiger partial charge in [0.15, 0.2) is 5.57 Å². The first-order valence-electron chi connectivity index (χ1n) is 8.25. The topological polar surface area (TPSA) is 76.7 Å². The highest BCUT2D eigenvalue weighted by atomic mass is 16.7. The number of anilines is 1. The maximum Gasteiger partial charge on any atom is 0.352 e. The quantitative estimate of drug-likeness (QED) is 0.489. The first kappa shape index (κ1) is 17.5. The van der Waals surface area contributed by atoms with Crippen LogP contribution in [-0.4, -0.2) is 17.7 Å². The maximum absolute atomic E-state index is 12.4. The minimum Gasteiger partial charge on any atom is -0.419 e. The molecule has 0 atom stereocenters. The van der Waals surface area contributed by atoms with Gasteiger partial charge >= 0.3 is 11.9 Å². The Hall–Kier alpha value is -3.28. The van der Waals surface area contributed by atoms with Gasteiger partial charge in [-0.15, -0.1) is 0 Å². The lowest BCUT2D eigenvalue weighted by Crippen LogP contribution is -2.44. The molecule has 3 rings (SSSR count). The van der Waals surface area contributed by atoms with Crippen molar-refractivity contribution in [2.45, 2.75) is 26.2 Å². The molecule has 0 unspecified atom stereocenters. The van der Waals surface area contributed by atoms with Crippen LogP contribution < -0.4 is 10.6 Å². The molecule has 6 heteroatoms. The fourth-order valence-electron chi connectivity index (χ4n) is 2.50. The molecule has 1 fully saturated rings. The van der Waals surface area contributed by atoms with Crippen LogP contribution in [0.5, 0.6) is 0 Å². The van der Waals surface area contributed by atoms with Crippen molar-refractivity contribution >= 4 is 17.6 Å². The van der Waals surface area contributed by atoms with Crippen molar-refractivity contribution < 1.29 is 19.1 Å². The van der Waals surface area contributed by atoms with Gasteiger partial charge in [-0.05, 0) is 17.7 Å². The fourth-order valence-corrected chi connectivity index (χ4v) is 2.50. The van der Waals surface area contributed by atoms with Crippen LogP contribution in [0.25, 0.3) is 0 Å². The van der Waals surface area contributed by atoms with Crippen molar-refractivity contribution in [2.75, 3.05) is 5.32 Å². The van der Waals surface area contributed by atoms with Crippen LogP contribution in [0.2, 0.25) is 0 Å². The number of para-hydroxylation sites is 1. The lowest BCUT2D eigenvalue weighted by molar-refractivity contribution is -0.222. The van der Waals surface area contributed by atoms with E-state index < -0.39 is 17.7 Å².